The lowest BCUT2D eigenvalue weighted by Gasteiger charge is -2.11. The summed E-state index contributed by atoms with van der Waals surface area (Å²) in [6, 6.07) is 10.0. The van der Waals surface area contributed by atoms with Gasteiger partial charge in [-0.15, -0.1) is 0 Å². The standard InChI is InChI=1S/C15H13BrN2O/c1-10-4-5-13(16)12-6-7-17-15(14(10)12)18-9-11-3-2-8-19-11/h2-8H,9H2,1H3,(H,17,18). The van der Waals surface area contributed by atoms with Gasteiger partial charge in [-0.05, 0) is 36.8 Å². The second-order valence-corrected chi connectivity index (χ2v) is 5.23. The van der Waals surface area contributed by atoms with E-state index in [9.17, 15) is 0 Å². The van der Waals surface area contributed by atoms with Crippen LogP contribution in [0.4, 0.5) is 5.82 Å². The number of furan rings is 1. The molecule has 3 aromatic rings. The molecule has 0 aliphatic carbocycles. The van der Waals surface area contributed by atoms with Crippen molar-refractivity contribution in [3.63, 3.8) is 0 Å². The third-order valence-corrected chi connectivity index (χ3v) is 3.78. The minimum atomic E-state index is 0.630. The lowest BCUT2D eigenvalue weighted by atomic mass is 10.1. The molecule has 0 spiro atoms. The molecule has 96 valence electrons. The highest BCUT2D eigenvalue weighted by Gasteiger charge is 2.08. The van der Waals surface area contributed by atoms with Gasteiger partial charge in [-0.1, -0.05) is 22.0 Å². The molecule has 2 aromatic heterocycles. The van der Waals surface area contributed by atoms with Crippen molar-refractivity contribution in [2.75, 3.05) is 5.32 Å². The highest BCUT2D eigenvalue weighted by atomic mass is 79.9. The molecule has 1 N–H and O–H groups in total. The zero-order valence-electron chi connectivity index (χ0n) is 10.5. The van der Waals surface area contributed by atoms with Crippen LogP contribution < -0.4 is 5.32 Å². The van der Waals surface area contributed by atoms with Gasteiger partial charge in [0.2, 0.25) is 0 Å². The molecule has 0 fully saturated rings. The summed E-state index contributed by atoms with van der Waals surface area (Å²) in [6.07, 6.45) is 3.49. The Balaban J connectivity index is 2.01. The number of benzene rings is 1. The number of nitrogens with one attached hydrogen (secondary N) is 1. The van der Waals surface area contributed by atoms with Crippen LogP contribution in [0.1, 0.15) is 11.3 Å². The second kappa shape index (κ2) is 5.05. The molecule has 0 atom stereocenters. The molecule has 0 bridgehead atoms. The van der Waals surface area contributed by atoms with E-state index in [4.69, 9.17) is 4.42 Å². The maximum atomic E-state index is 5.32. The summed E-state index contributed by atoms with van der Waals surface area (Å²) in [4.78, 5) is 4.43. The van der Waals surface area contributed by atoms with E-state index < -0.39 is 0 Å². The second-order valence-electron chi connectivity index (χ2n) is 4.38. The highest BCUT2D eigenvalue weighted by Crippen LogP contribution is 2.30. The monoisotopic (exact) mass is 316 g/mol. The number of rotatable bonds is 3. The Morgan fingerprint density at radius 1 is 1.26 bits per heavy atom. The molecule has 4 heteroatoms. The van der Waals surface area contributed by atoms with Gasteiger partial charge >= 0.3 is 0 Å². The van der Waals surface area contributed by atoms with Crippen molar-refractivity contribution in [1.29, 1.82) is 0 Å². The van der Waals surface area contributed by atoms with Crippen molar-refractivity contribution in [2.45, 2.75) is 13.5 Å². The average Bonchev–Trinajstić information content (AvgIpc) is 2.94. The zero-order chi connectivity index (χ0) is 13.2. The molecule has 19 heavy (non-hydrogen) atoms. The molecule has 0 unspecified atom stereocenters. The highest BCUT2D eigenvalue weighted by molar-refractivity contribution is 9.10. The number of hydrogen-bond donors (Lipinski definition) is 1. The van der Waals surface area contributed by atoms with Gasteiger partial charge < -0.3 is 9.73 Å². The fourth-order valence-electron chi connectivity index (χ4n) is 2.15. The fourth-order valence-corrected chi connectivity index (χ4v) is 2.61. The number of hydrogen-bond acceptors (Lipinski definition) is 3. The van der Waals surface area contributed by atoms with E-state index in [2.05, 4.69) is 45.3 Å². The maximum absolute atomic E-state index is 5.32. The van der Waals surface area contributed by atoms with Crippen LogP contribution in [0.5, 0.6) is 0 Å². The summed E-state index contributed by atoms with van der Waals surface area (Å²) < 4.78 is 6.40. The van der Waals surface area contributed by atoms with E-state index in [1.807, 2.05) is 24.4 Å². The SMILES string of the molecule is Cc1ccc(Br)c2ccnc(NCc3ccco3)c12. The van der Waals surface area contributed by atoms with E-state index in [0.29, 0.717) is 6.54 Å². The third-order valence-electron chi connectivity index (χ3n) is 3.09. The summed E-state index contributed by atoms with van der Waals surface area (Å²) >= 11 is 3.58. The Bertz CT molecular complexity index is 707. The summed E-state index contributed by atoms with van der Waals surface area (Å²) in [5.74, 6) is 1.78. The minimum absolute atomic E-state index is 0.630. The first-order valence-corrected chi connectivity index (χ1v) is 6.85. The van der Waals surface area contributed by atoms with Crippen molar-refractivity contribution in [1.82, 2.24) is 4.98 Å². The van der Waals surface area contributed by atoms with Crippen molar-refractivity contribution >= 4 is 32.5 Å². The molecule has 0 saturated carbocycles. The molecular weight excluding hydrogens is 304 g/mol. The van der Waals surface area contributed by atoms with Crippen LogP contribution >= 0.6 is 15.9 Å². The quantitative estimate of drug-likeness (QED) is 0.772. The van der Waals surface area contributed by atoms with Gasteiger partial charge in [0.05, 0.1) is 12.8 Å². The first kappa shape index (κ1) is 12.2. The van der Waals surface area contributed by atoms with Crippen LogP contribution in [0.2, 0.25) is 0 Å². The van der Waals surface area contributed by atoms with E-state index >= 15 is 0 Å². The van der Waals surface area contributed by atoms with Gasteiger partial charge in [-0.3, -0.25) is 0 Å². The van der Waals surface area contributed by atoms with Gasteiger partial charge in [0.15, 0.2) is 0 Å². The summed E-state index contributed by atoms with van der Waals surface area (Å²) in [5.41, 5.74) is 1.20. The topological polar surface area (TPSA) is 38.1 Å². The molecule has 0 amide bonds. The number of fused-ring (bicyclic) bond motifs is 1. The molecular formula is C15H13BrN2O. The van der Waals surface area contributed by atoms with E-state index in [-0.39, 0.29) is 0 Å². The Morgan fingerprint density at radius 2 is 2.16 bits per heavy atom. The molecule has 3 rings (SSSR count). The Hall–Kier alpha value is -1.81. The molecule has 0 saturated heterocycles. The molecule has 0 aliphatic rings. The van der Waals surface area contributed by atoms with Crippen LogP contribution in [-0.2, 0) is 6.54 Å². The average molecular weight is 317 g/mol. The summed E-state index contributed by atoms with van der Waals surface area (Å²) in [5, 5.41) is 5.64. The first-order valence-electron chi connectivity index (χ1n) is 6.06. The molecule has 1 aromatic carbocycles. The van der Waals surface area contributed by atoms with Crippen molar-refractivity contribution < 1.29 is 4.42 Å². The van der Waals surface area contributed by atoms with E-state index in [1.165, 1.54) is 5.56 Å². The lowest BCUT2D eigenvalue weighted by Crippen LogP contribution is -2.01. The van der Waals surface area contributed by atoms with Crippen LogP contribution in [0, 0.1) is 6.92 Å². The molecule has 3 nitrogen and oxygen atoms in total. The van der Waals surface area contributed by atoms with Crippen LogP contribution in [0.3, 0.4) is 0 Å². The van der Waals surface area contributed by atoms with Crippen molar-refractivity contribution in [3.05, 3.63) is 58.6 Å². The predicted molar refractivity (Wildman–Crippen MR) is 80.2 cm³/mol. The third kappa shape index (κ3) is 2.36. The number of nitrogens with zero attached hydrogens (tertiary/aromatic N) is 1. The Kier molecular flexibility index (Phi) is 3.25. The number of anilines is 1. The van der Waals surface area contributed by atoms with E-state index in [1.54, 1.807) is 6.26 Å². The summed E-state index contributed by atoms with van der Waals surface area (Å²) in [7, 11) is 0. The van der Waals surface area contributed by atoms with Crippen LogP contribution in [0.25, 0.3) is 10.8 Å². The first-order chi connectivity index (χ1) is 9.25. The van der Waals surface area contributed by atoms with Gasteiger partial charge in [0.25, 0.3) is 0 Å². The predicted octanol–water partition coefficient (Wildman–Crippen LogP) is 4.51. The number of aromatic nitrogens is 1. The van der Waals surface area contributed by atoms with Gasteiger partial charge in [-0.2, -0.15) is 0 Å². The van der Waals surface area contributed by atoms with Crippen molar-refractivity contribution in [2.24, 2.45) is 0 Å². The van der Waals surface area contributed by atoms with E-state index in [0.717, 1.165) is 26.8 Å². The zero-order valence-corrected chi connectivity index (χ0v) is 12.1. The van der Waals surface area contributed by atoms with Gasteiger partial charge in [0.1, 0.15) is 11.6 Å². The van der Waals surface area contributed by atoms with Gasteiger partial charge in [0, 0.05) is 21.4 Å². The normalized spacial score (nSPS) is 10.8. The smallest absolute Gasteiger partial charge is 0.134 e. The molecule has 0 radical (unpaired) electrons. The lowest BCUT2D eigenvalue weighted by molar-refractivity contribution is 0.518. The maximum Gasteiger partial charge on any atom is 0.134 e. The fraction of sp³-hybridized carbons (Fsp3) is 0.133. The summed E-state index contributed by atoms with van der Waals surface area (Å²) in [6.45, 7) is 2.72. The minimum Gasteiger partial charge on any atom is -0.467 e. The molecule has 0 aliphatic heterocycles. The largest absolute Gasteiger partial charge is 0.467 e. The van der Waals surface area contributed by atoms with Crippen molar-refractivity contribution in [3.8, 4) is 0 Å². The Labute approximate surface area is 119 Å². The van der Waals surface area contributed by atoms with Crippen LogP contribution in [-0.4, -0.2) is 4.98 Å². The number of pyridine rings is 1. The Morgan fingerprint density at radius 3 is 2.95 bits per heavy atom. The molecule has 2 heterocycles. The van der Waals surface area contributed by atoms with Crippen LogP contribution in [0.15, 0.2) is 51.7 Å². The number of aryl methyl sites for hydroxylation is 1. The van der Waals surface area contributed by atoms with Gasteiger partial charge in [-0.25, -0.2) is 4.98 Å². The number of halogens is 1.